The first kappa shape index (κ1) is 19.3. The quantitative estimate of drug-likeness (QED) is 0.785. The Morgan fingerprint density at radius 3 is 2.33 bits per heavy atom. The Morgan fingerprint density at radius 2 is 1.79 bits per heavy atom. The number of amides is 2. The number of sulfone groups is 1. The molecule has 24 heavy (non-hydrogen) atoms. The number of halogens is 3. The van der Waals surface area contributed by atoms with Gasteiger partial charge in [-0.2, -0.15) is 13.2 Å². The average molecular weight is 372 g/mol. The zero-order chi connectivity index (χ0) is 18.0. The van der Waals surface area contributed by atoms with Gasteiger partial charge in [-0.25, -0.2) is 13.2 Å². The van der Waals surface area contributed by atoms with E-state index < -0.39 is 46.2 Å². The van der Waals surface area contributed by atoms with Gasteiger partial charge in [-0.05, 0) is 18.8 Å². The molecule has 6 nitrogen and oxygen atoms in total. The van der Waals surface area contributed by atoms with Gasteiger partial charge in [0.1, 0.15) is 6.04 Å². The van der Waals surface area contributed by atoms with Crippen molar-refractivity contribution >= 4 is 15.9 Å². The third kappa shape index (κ3) is 4.98. The molecule has 2 amide bonds. The highest BCUT2D eigenvalue weighted by Gasteiger charge is 2.46. The van der Waals surface area contributed by atoms with Crippen LogP contribution in [0.25, 0.3) is 0 Å². The molecule has 1 aliphatic heterocycles. The number of alkyl halides is 3. The molecule has 1 saturated heterocycles. The van der Waals surface area contributed by atoms with Crippen LogP contribution >= 0.6 is 0 Å². The molecule has 0 bridgehead atoms. The number of urea groups is 1. The molecule has 1 saturated carbocycles. The third-order valence-electron chi connectivity index (χ3n) is 4.68. The Morgan fingerprint density at radius 1 is 1.17 bits per heavy atom. The molecular weight excluding hydrogens is 349 g/mol. The lowest BCUT2D eigenvalue weighted by Gasteiger charge is -2.32. The molecule has 3 atom stereocenters. The number of carbonyl (C=O) groups is 1. The Bertz CT molecular complexity index is 547. The molecule has 3 unspecified atom stereocenters. The molecule has 0 aromatic heterocycles. The van der Waals surface area contributed by atoms with Gasteiger partial charge in [-0.1, -0.05) is 19.3 Å². The van der Waals surface area contributed by atoms with Crippen LogP contribution in [0.5, 0.6) is 0 Å². The SMILES string of the molecule is COC1CS(=O)(=O)CC1NC(=O)NC(C1CCCCC1)C(F)(F)F. The second-order valence-corrected chi connectivity index (χ2v) is 8.65. The molecule has 140 valence electrons. The van der Waals surface area contributed by atoms with E-state index in [1.807, 2.05) is 5.32 Å². The van der Waals surface area contributed by atoms with Crippen molar-refractivity contribution in [3.63, 3.8) is 0 Å². The first-order chi connectivity index (χ1) is 11.1. The molecule has 0 aromatic carbocycles. The van der Waals surface area contributed by atoms with Crippen molar-refractivity contribution in [3.8, 4) is 0 Å². The van der Waals surface area contributed by atoms with Crippen LogP contribution in [0.4, 0.5) is 18.0 Å². The van der Waals surface area contributed by atoms with E-state index >= 15 is 0 Å². The smallest absolute Gasteiger partial charge is 0.378 e. The van der Waals surface area contributed by atoms with Crippen molar-refractivity contribution in [2.45, 2.75) is 56.5 Å². The van der Waals surface area contributed by atoms with E-state index in [0.717, 1.165) is 6.42 Å². The summed E-state index contributed by atoms with van der Waals surface area (Å²) in [5.74, 6) is -1.23. The minimum Gasteiger partial charge on any atom is -0.378 e. The van der Waals surface area contributed by atoms with E-state index in [4.69, 9.17) is 4.74 Å². The molecule has 0 radical (unpaired) electrons. The maximum atomic E-state index is 13.3. The minimum absolute atomic E-state index is 0.250. The van der Waals surface area contributed by atoms with Crippen LogP contribution in [0.2, 0.25) is 0 Å². The van der Waals surface area contributed by atoms with Crippen molar-refractivity contribution in [3.05, 3.63) is 0 Å². The van der Waals surface area contributed by atoms with Crippen LogP contribution in [0.3, 0.4) is 0 Å². The fraction of sp³-hybridized carbons (Fsp3) is 0.929. The standard InChI is InChI=1S/C14H23F3N2O4S/c1-23-11-8-24(21,22)7-10(11)18-13(20)19-12(14(15,16)17)9-5-3-2-4-6-9/h9-12H,2-8H2,1H3,(H2,18,19,20). The fourth-order valence-electron chi connectivity index (χ4n) is 3.47. The number of methoxy groups -OCH3 is 1. The Labute approximate surface area is 139 Å². The van der Waals surface area contributed by atoms with Crippen LogP contribution in [0, 0.1) is 5.92 Å². The summed E-state index contributed by atoms with van der Waals surface area (Å²) in [6, 6.07) is -3.77. The van der Waals surface area contributed by atoms with Gasteiger partial charge in [0.2, 0.25) is 0 Å². The zero-order valence-electron chi connectivity index (χ0n) is 13.4. The zero-order valence-corrected chi connectivity index (χ0v) is 14.3. The van der Waals surface area contributed by atoms with Gasteiger partial charge in [0.15, 0.2) is 9.84 Å². The lowest BCUT2D eigenvalue weighted by atomic mass is 9.83. The van der Waals surface area contributed by atoms with Gasteiger partial charge in [0.25, 0.3) is 0 Å². The molecule has 2 fully saturated rings. The molecule has 2 aliphatic rings. The van der Waals surface area contributed by atoms with Gasteiger partial charge in [0, 0.05) is 7.11 Å². The molecule has 1 heterocycles. The van der Waals surface area contributed by atoms with E-state index in [1.54, 1.807) is 0 Å². The van der Waals surface area contributed by atoms with E-state index in [-0.39, 0.29) is 11.5 Å². The number of rotatable bonds is 4. The number of nitrogens with one attached hydrogen (secondary N) is 2. The van der Waals surface area contributed by atoms with Crippen molar-refractivity contribution in [1.29, 1.82) is 0 Å². The fourth-order valence-corrected chi connectivity index (χ4v) is 5.32. The minimum atomic E-state index is -4.54. The first-order valence-corrected chi connectivity index (χ1v) is 9.81. The maximum absolute atomic E-state index is 13.3. The van der Waals surface area contributed by atoms with Crippen molar-refractivity contribution in [2.24, 2.45) is 5.92 Å². The summed E-state index contributed by atoms with van der Waals surface area (Å²) in [7, 11) is -2.07. The lowest BCUT2D eigenvalue weighted by molar-refractivity contribution is -0.167. The summed E-state index contributed by atoms with van der Waals surface area (Å²) in [5.41, 5.74) is 0. The predicted octanol–water partition coefficient (Wildman–Crippen LogP) is 1.61. The van der Waals surface area contributed by atoms with Gasteiger partial charge < -0.3 is 15.4 Å². The van der Waals surface area contributed by atoms with E-state index in [1.165, 1.54) is 7.11 Å². The van der Waals surface area contributed by atoms with E-state index in [9.17, 15) is 26.4 Å². The number of carbonyl (C=O) groups excluding carboxylic acids is 1. The summed E-state index contributed by atoms with van der Waals surface area (Å²) in [4.78, 5) is 12.0. The summed E-state index contributed by atoms with van der Waals surface area (Å²) < 4.78 is 68.0. The summed E-state index contributed by atoms with van der Waals surface area (Å²) in [6.07, 6.45) is -2.11. The van der Waals surface area contributed by atoms with Crippen LogP contribution in [0.1, 0.15) is 32.1 Å². The van der Waals surface area contributed by atoms with Crippen molar-refractivity contribution in [2.75, 3.05) is 18.6 Å². The van der Waals surface area contributed by atoms with Gasteiger partial charge in [0.05, 0.1) is 23.7 Å². The van der Waals surface area contributed by atoms with Crippen LogP contribution in [-0.4, -0.2) is 57.4 Å². The average Bonchev–Trinajstić information content (AvgIpc) is 2.78. The molecule has 0 aromatic rings. The number of hydrogen-bond donors (Lipinski definition) is 2. The molecule has 1 aliphatic carbocycles. The summed E-state index contributed by atoms with van der Waals surface area (Å²) in [5, 5.41) is 4.32. The summed E-state index contributed by atoms with van der Waals surface area (Å²) >= 11 is 0. The third-order valence-corrected chi connectivity index (χ3v) is 6.38. The van der Waals surface area contributed by atoms with Crippen molar-refractivity contribution in [1.82, 2.24) is 10.6 Å². The van der Waals surface area contributed by atoms with Crippen LogP contribution < -0.4 is 10.6 Å². The maximum Gasteiger partial charge on any atom is 0.408 e. The molecule has 2 N–H and O–H groups in total. The molecule has 2 rings (SSSR count). The van der Waals surface area contributed by atoms with E-state index in [0.29, 0.717) is 25.7 Å². The van der Waals surface area contributed by atoms with Gasteiger partial charge in [-0.15, -0.1) is 0 Å². The predicted molar refractivity (Wildman–Crippen MR) is 81.3 cm³/mol. The highest BCUT2D eigenvalue weighted by Crippen LogP contribution is 2.34. The monoisotopic (exact) mass is 372 g/mol. The second kappa shape index (κ2) is 7.47. The van der Waals surface area contributed by atoms with Gasteiger partial charge in [-0.3, -0.25) is 0 Å². The number of ether oxygens (including phenoxy) is 1. The Kier molecular flexibility index (Phi) is 6.00. The Balaban J connectivity index is 2.00. The van der Waals surface area contributed by atoms with Crippen LogP contribution in [-0.2, 0) is 14.6 Å². The highest BCUT2D eigenvalue weighted by atomic mass is 32.2. The topological polar surface area (TPSA) is 84.5 Å². The number of hydrogen-bond acceptors (Lipinski definition) is 4. The lowest BCUT2D eigenvalue weighted by Crippen LogP contribution is -2.56. The normalized spacial score (nSPS) is 29.2. The van der Waals surface area contributed by atoms with Crippen LogP contribution in [0.15, 0.2) is 0 Å². The Hall–Kier alpha value is -1.03. The highest BCUT2D eigenvalue weighted by molar-refractivity contribution is 7.91. The van der Waals surface area contributed by atoms with E-state index in [2.05, 4.69) is 5.32 Å². The largest absolute Gasteiger partial charge is 0.408 e. The summed E-state index contributed by atoms with van der Waals surface area (Å²) in [6.45, 7) is 0. The van der Waals surface area contributed by atoms with Crippen molar-refractivity contribution < 1.29 is 31.1 Å². The van der Waals surface area contributed by atoms with Gasteiger partial charge >= 0.3 is 12.2 Å². The molecule has 0 spiro atoms. The first-order valence-electron chi connectivity index (χ1n) is 7.99. The molecule has 10 heteroatoms. The molecular formula is C14H23F3N2O4S. The second-order valence-electron chi connectivity index (χ2n) is 6.49.